The van der Waals surface area contributed by atoms with E-state index < -0.39 is 0 Å². The Morgan fingerprint density at radius 2 is 2.14 bits per heavy atom. The van der Waals surface area contributed by atoms with Crippen molar-refractivity contribution in [3.05, 3.63) is 12.7 Å². The first-order valence-corrected chi connectivity index (χ1v) is 5.30. The van der Waals surface area contributed by atoms with Crippen LogP contribution in [0.4, 0.5) is 0 Å². The highest BCUT2D eigenvalue weighted by molar-refractivity contribution is 5.57. The van der Waals surface area contributed by atoms with Gasteiger partial charge in [0.05, 0.1) is 6.54 Å². The average Bonchev–Trinajstić information content (AvgIpc) is 2.23. The van der Waals surface area contributed by atoms with Crippen molar-refractivity contribution in [1.29, 1.82) is 0 Å². The molecule has 0 saturated heterocycles. The van der Waals surface area contributed by atoms with E-state index in [-0.39, 0.29) is 5.41 Å². The summed E-state index contributed by atoms with van der Waals surface area (Å²) in [4.78, 5) is 4.20. The van der Waals surface area contributed by atoms with Crippen LogP contribution in [0.15, 0.2) is 17.6 Å². The van der Waals surface area contributed by atoms with Gasteiger partial charge in [0.1, 0.15) is 0 Å². The maximum Gasteiger partial charge on any atom is 0.0993 e. The summed E-state index contributed by atoms with van der Waals surface area (Å²) in [7, 11) is 0. The van der Waals surface area contributed by atoms with E-state index in [4.69, 9.17) is 0 Å². The number of hydrogen-bond donors (Lipinski definition) is 0. The minimum Gasteiger partial charge on any atom is -0.285 e. The van der Waals surface area contributed by atoms with Gasteiger partial charge in [0.25, 0.3) is 0 Å². The molecule has 1 heteroatoms. The molecule has 0 aliphatic carbocycles. The molecule has 1 atom stereocenters. The molecule has 0 heterocycles. The van der Waals surface area contributed by atoms with Crippen molar-refractivity contribution in [2.75, 3.05) is 6.54 Å². The maximum absolute atomic E-state index is 4.20. The lowest BCUT2D eigenvalue weighted by molar-refractivity contribution is 0.555. The molecule has 0 aromatic carbocycles. The van der Waals surface area contributed by atoms with Gasteiger partial charge in [-0.25, -0.2) is 0 Å². The minimum atomic E-state index is -0.0414. The Morgan fingerprint density at radius 1 is 1.43 bits per heavy atom. The molecule has 0 amide bonds. The summed E-state index contributed by atoms with van der Waals surface area (Å²) >= 11 is 0. The molecule has 1 unspecified atom stereocenters. The first kappa shape index (κ1) is 13.0. The van der Waals surface area contributed by atoms with Gasteiger partial charge in [-0.05, 0) is 26.0 Å². The summed E-state index contributed by atoms with van der Waals surface area (Å²) in [5.74, 6) is 6.26. The molecule has 0 spiro atoms. The Hall–Kier alpha value is -1.03. The van der Waals surface area contributed by atoms with Gasteiger partial charge in [0, 0.05) is 5.41 Å². The number of allylic oxidation sites excluding steroid dienone is 1. The van der Waals surface area contributed by atoms with Crippen LogP contribution in [0.2, 0.25) is 0 Å². The van der Waals surface area contributed by atoms with Crippen LogP contribution in [0, 0.1) is 17.3 Å². The van der Waals surface area contributed by atoms with Crippen LogP contribution in [0.25, 0.3) is 0 Å². The van der Waals surface area contributed by atoms with Gasteiger partial charge >= 0.3 is 0 Å². The Balaban J connectivity index is 3.97. The summed E-state index contributed by atoms with van der Waals surface area (Å²) in [6, 6.07) is 0. The largest absolute Gasteiger partial charge is 0.285 e. The fourth-order valence-corrected chi connectivity index (χ4v) is 0.856. The van der Waals surface area contributed by atoms with E-state index in [0.717, 1.165) is 19.3 Å². The molecule has 14 heavy (non-hydrogen) atoms. The molecular weight excluding hydrogens is 170 g/mol. The SMILES string of the molecule is C=CC(C)(C#CCN=CCCC)CC. The van der Waals surface area contributed by atoms with Crippen LogP contribution in [-0.2, 0) is 0 Å². The Bertz CT molecular complexity index is 242. The summed E-state index contributed by atoms with van der Waals surface area (Å²) in [5, 5.41) is 0. The second kappa shape index (κ2) is 7.38. The van der Waals surface area contributed by atoms with Gasteiger partial charge in [0.15, 0.2) is 0 Å². The van der Waals surface area contributed by atoms with Crippen molar-refractivity contribution >= 4 is 6.21 Å². The smallest absolute Gasteiger partial charge is 0.0993 e. The van der Waals surface area contributed by atoms with E-state index >= 15 is 0 Å². The van der Waals surface area contributed by atoms with Crippen molar-refractivity contribution < 1.29 is 0 Å². The van der Waals surface area contributed by atoms with Crippen molar-refractivity contribution in [3.8, 4) is 11.8 Å². The van der Waals surface area contributed by atoms with E-state index in [0.29, 0.717) is 6.54 Å². The topological polar surface area (TPSA) is 12.4 Å². The Kier molecular flexibility index (Phi) is 6.84. The Morgan fingerprint density at radius 3 is 2.64 bits per heavy atom. The zero-order chi connectivity index (χ0) is 10.9. The van der Waals surface area contributed by atoms with Crippen molar-refractivity contribution in [3.63, 3.8) is 0 Å². The fraction of sp³-hybridized carbons (Fsp3) is 0.615. The molecule has 0 radical (unpaired) electrons. The average molecular weight is 191 g/mol. The molecule has 0 aliphatic heterocycles. The molecule has 0 aliphatic rings. The van der Waals surface area contributed by atoms with Crippen molar-refractivity contribution in [1.82, 2.24) is 0 Å². The van der Waals surface area contributed by atoms with Crippen LogP contribution in [-0.4, -0.2) is 12.8 Å². The van der Waals surface area contributed by atoms with Gasteiger partial charge in [-0.3, -0.25) is 4.99 Å². The summed E-state index contributed by atoms with van der Waals surface area (Å²) < 4.78 is 0. The molecule has 0 N–H and O–H groups in total. The van der Waals surface area contributed by atoms with Crippen LogP contribution >= 0.6 is 0 Å². The van der Waals surface area contributed by atoms with Crippen LogP contribution in [0.1, 0.15) is 40.0 Å². The van der Waals surface area contributed by atoms with Gasteiger partial charge in [-0.15, -0.1) is 6.58 Å². The number of aliphatic imine (C=N–C) groups is 1. The van der Waals surface area contributed by atoms with Gasteiger partial charge in [0.2, 0.25) is 0 Å². The summed E-state index contributed by atoms with van der Waals surface area (Å²) in [5.41, 5.74) is -0.0414. The maximum atomic E-state index is 4.20. The lowest BCUT2D eigenvalue weighted by Gasteiger charge is -2.14. The second-order valence-corrected chi connectivity index (χ2v) is 3.59. The van der Waals surface area contributed by atoms with Gasteiger partial charge in [-0.1, -0.05) is 38.2 Å². The first-order chi connectivity index (χ1) is 6.68. The lowest BCUT2D eigenvalue weighted by Crippen LogP contribution is -2.07. The third-order valence-corrected chi connectivity index (χ3v) is 2.28. The first-order valence-electron chi connectivity index (χ1n) is 5.30. The van der Waals surface area contributed by atoms with Crippen molar-refractivity contribution in [2.24, 2.45) is 10.4 Å². The molecular formula is C13H21N. The van der Waals surface area contributed by atoms with E-state index in [9.17, 15) is 0 Å². The fourth-order valence-electron chi connectivity index (χ4n) is 0.856. The van der Waals surface area contributed by atoms with Crippen LogP contribution in [0.5, 0.6) is 0 Å². The number of nitrogens with zero attached hydrogens (tertiary/aromatic N) is 1. The molecule has 0 saturated carbocycles. The normalized spacial score (nSPS) is 14.5. The van der Waals surface area contributed by atoms with Gasteiger partial charge in [-0.2, -0.15) is 0 Å². The molecule has 0 aromatic heterocycles. The zero-order valence-electron chi connectivity index (χ0n) is 9.64. The highest BCUT2D eigenvalue weighted by Gasteiger charge is 2.12. The predicted octanol–water partition coefficient (Wildman–Crippen LogP) is 3.46. The molecule has 78 valence electrons. The second-order valence-electron chi connectivity index (χ2n) is 3.59. The quantitative estimate of drug-likeness (QED) is 0.358. The highest BCUT2D eigenvalue weighted by atomic mass is 14.7. The molecule has 0 rings (SSSR count). The number of unbranched alkanes of at least 4 members (excludes halogenated alkanes) is 1. The molecule has 0 aromatic rings. The third kappa shape index (κ3) is 5.59. The third-order valence-electron chi connectivity index (χ3n) is 2.28. The van der Waals surface area contributed by atoms with E-state index in [2.05, 4.69) is 44.2 Å². The van der Waals surface area contributed by atoms with E-state index in [1.807, 2.05) is 12.3 Å². The van der Waals surface area contributed by atoms with Crippen molar-refractivity contribution in [2.45, 2.75) is 40.0 Å². The standard InChI is InChI=1S/C13H21N/c1-5-8-11-14-12-9-10-13(4,6-2)7-3/h6,11H,2,5,7-8,12H2,1,3-4H3. The predicted molar refractivity (Wildman–Crippen MR) is 64.6 cm³/mol. The highest BCUT2D eigenvalue weighted by Crippen LogP contribution is 2.20. The number of rotatable bonds is 5. The minimum absolute atomic E-state index is 0.0414. The molecule has 1 nitrogen and oxygen atoms in total. The van der Waals surface area contributed by atoms with E-state index in [1.54, 1.807) is 0 Å². The van der Waals surface area contributed by atoms with Gasteiger partial charge < -0.3 is 0 Å². The molecule has 0 fully saturated rings. The summed E-state index contributed by atoms with van der Waals surface area (Å²) in [6.45, 7) is 10.8. The van der Waals surface area contributed by atoms with Crippen LogP contribution < -0.4 is 0 Å². The van der Waals surface area contributed by atoms with E-state index in [1.165, 1.54) is 0 Å². The lowest BCUT2D eigenvalue weighted by atomic mass is 9.89. The Labute approximate surface area is 88.3 Å². The molecule has 0 bridgehead atoms. The monoisotopic (exact) mass is 191 g/mol. The summed E-state index contributed by atoms with van der Waals surface area (Å²) in [6.07, 6.45) is 7.06. The number of hydrogen-bond acceptors (Lipinski definition) is 1. The van der Waals surface area contributed by atoms with Crippen LogP contribution in [0.3, 0.4) is 0 Å². The zero-order valence-corrected chi connectivity index (χ0v) is 9.64.